The molecule has 1 fully saturated rings. The van der Waals surface area contributed by atoms with Gasteiger partial charge in [0.1, 0.15) is 29.8 Å². The predicted molar refractivity (Wildman–Crippen MR) is 135 cm³/mol. The van der Waals surface area contributed by atoms with E-state index in [0.717, 1.165) is 11.9 Å². The standard InChI is InChI=1S/C25H22ClF3N8O/c1-35-21-14-19(32-20(15-30)23(21)33-34-35)16-4-5-22(17(13-16)25(27,28)29)38-12-11-36-7-9-37(10-8-36)24-18(26)3-2-6-31-24/h2-6,13-14H,7-12H2,1H3. The Morgan fingerprint density at radius 3 is 2.63 bits per heavy atom. The van der Waals surface area contributed by atoms with E-state index in [1.807, 2.05) is 6.07 Å². The number of hydrogen-bond acceptors (Lipinski definition) is 8. The molecule has 0 radical (unpaired) electrons. The number of hydrogen-bond donors (Lipinski definition) is 0. The molecular formula is C25H22ClF3N8O. The van der Waals surface area contributed by atoms with Gasteiger partial charge in [-0.1, -0.05) is 16.8 Å². The smallest absolute Gasteiger partial charge is 0.419 e. The van der Waals surface area contributed by atoms with Gasteiger partial charge >= 0.3 is 6.18 Å². The highest BCUT2D eigenvalue weighted by atomic mass is 35.5. The molecule has 1 aliphatic rings. The third-order valence-electron chi connectivity index (χ3n) is 6.36. The lowest BCUT2D eigenvalue weighted by Crippen LogP contribution is -2.47. The first-order valence-electron chi connectivity index (χ1n) is 11.8. The SMILES string of the molecule is Cn1nnc2c(C#N)nc(-c3ccc(OCCN4CCN(c5ncccc5Cl)CC4)c(C(F)(F)F)c3)cc21. The highest BCUT2D eigenvalue weighted by Gasteiger charge is 2.35. The highest BCUT2D eigenvalue weighted by molar-refractivity contribution is 6.32. The number of pyridine rings is 2. The van der Waals surface area contributed by atoms with Crippen LogP contribution in [0.15, 0.2) is 42.6 Å². The fourth-order valence-corrected chi connectivity index (χ4v) is 4.61. The van der Waals surface area contributed by atoms with Crippen LogP contribution in [0.3, 0.4) is 0 Å². The van der Waals surface area contributed by atoms with Crippen molar-refractivity contribution >= 4 is 28.5 Å². The second-order valence-corrected chi connectivity index (χ2v) is 9.15. The number of nitriles is 1. The topological polar surface area (TPSA) is 96.0 Å². The van der Waals surface area contributed by atoms with E-state index < -0.39 is 11.7 Å². The average molecular weight is 543 g/mol. The zero-order valence-electron chi connectivity index (χ0n) is 20.3. The highest BCUT2D eigenvalue weighted by Crippen LogP contribution is 2.39. The third-order valence-corrected chi connectivity index (χ3v) is 6.66. The average Bonchev–Trinajstić information content (AvgIpc) is 3.29. The van der Waals surface area contributed by atoms with Crippen molar-refractivity contribution in [1.82, 2.24) is 29.9 Å². The molecule has 13 heteroatoms. The van der Waals surface area contributed by atoms with Gasteiger partial charge in [0.15, 0.2) is 5.69 Å². The van der Waals surface area contributed by atoms with Crippen LogP contribution in [0.1, 0.15) is 11.3 Å². The molecule has 4 aromatic rings. The molecule has 0 N–H and O–H groups in total. The van der Waals surface area contributed by atoms with Gasteiger partial charge in [0.2, 0.25) is 0 Å². The number of aryl methyl sites for hydroxylation is 1. The number of rotatable bonds is 6. The molecule has 0 amide bonds. The Balaban J connectivity index is 1.28. The van der Waals surface area contributed by atoms with Crippen molar-refractivity contribution in [3.8, 4) is 23.1 Å². The maximum absolute atomic E-state index is 14.0. The molecule has 1 aromatic carbocycles. The Kier molecular flexibility index (Phi) is 7.05. The number of nitrogens with zero attached hydrogens (tertiary/aromatic N) is 8. The van der Waals surface area contributed by atoms with Crippen molar-refractivity contribution in [3.63, 3.8) is 0 Å². The molecule has 3 aromatic heterocycles. The van der Waals surface area contributed by atoms with Crippen LogP contribution in [0.5, 0.6) is 5.75 Å². The number of halogens is 4. The molecule has 38 heavy (non-hydrogen) atoms. The maximum atomic E-state index is 14.0. The minimum atomic E-state index is -4.64. The summed E-state index contributed by atoms with van der Waals surface area (Å²) < 4.78 is 48.9. The van der Waals surface area contributed by atoms with Gasteiger partial charge in [0.05, 0.1) is 21.8 Å². The van der Waals surface area contributed by atoms with E-state index in [-0.39, 0.29) is 29.3 Å². The summed E-state index contributed by atoms with van der Waals surface area (Å²) in [5.74, 6) is 0.471. The lowest BCUT2D eigenvalue weighted by atomic mass is 10.1. The lowest BCUT2D eigenvalue weighted by molar-refractivity contribution is -0.138. The first kappa shape index (κ1) is 25.7. The first-order chi connectivity index (χ1) is 18.2. The van der Waals surface area contributed by atoms with E-state index in [1.165, 1.54) is 16.8 Å². The zero-order valence-corrected chi connectivity index (χ0v) is 21.0. The summed E-state index contributed by atoms with van der Waals surface area (Å²) in [5, 5.41) is 17.8. The Hall–Kier alpha value is -3.95. The summed E-state index contributed by atoms with van der Waals surface area (Å²) in [6.45, 7) is 3.39. The van der Waals surface area contributed by atoms with Crippen LogP contribution in [0.4, 0.5) is 19.0 Å². The van der Waals surface area contributed by atoms with E-state index in [9.17, 15) is 18.4 Å². The van der Waals surface area contributed by atoms with Gasteiger partial charge in [-0.15, -0.1) is 5.10 Å². The molecule has 0 unspecified atom stereocenters. The summed E-state index contributed by atoms with van der Waals surface area (Å²) in [6.07, 6.45) is -2.95. The molecule has 196 valence electrons. The minimum absolute atomic E-state index is 0.00935. The van der Waals surface area contributed by atoms with E-state index in [2.05, 4.69) is 30.1 Å². The molecule has 5 rings (SSSR count). The molecule has 0 atom stereocenters. The molecule has 0 aliphatic carbocycles. The zero-order chi connectivity index (χ0) is 26.9. The molecule has 0 saturated carbocycles. The van der Waals surface area contributed by atoms with E-state index >= 15 is 0 Å². The number of piperazine rings is 1. The summed E-state index contributed by atoms with van der Waals surface area (Å²) in [4.78, 5) is 12.7. The normalized spacial score (nSPS) is 14.6. The molecule has 9 nitrogen and oxygen atoms in total. The number of ether oxygens (including phenoxy) is 1. The summed E-state index contributed by atoms with van der Waals surface area (Å²) in [7, 11) is 1.63. The largest absolute Gasteiger partial charge is 0.492 e. The number of fused-ring (bicyclic) bond motifs is 1. The molecule has 4 heterocycles. The second-order valence-electron chi connectivity index (χ2n) is 8.74. The Labute approximate surface area is 221 Å². The van der Waals surface area contributed by atoms with Crippen LogP contribution in [0.25, 0.3) is 22.3 Å². The first-order valence-corrected chi connectivity index (χ1v) is 12.1. The van der Waals surface area contributed by atoms with Gasteiger partial charge in [-0.25, -0.2) is 14.6 Å². The van der Waals surface area contributed by atoms with Crippen molar-refractivity contribution in [2.45, 2.75) is 6.18 Å². The second kappa shape index (κ2) is 10.4. The van der Waals surface area contributed by atoms with Gasteiger partial charge in [-0.2, -0.15) is 18.4 Å². The van der Waals surface area contributed by atoms with Crippen molar-refractivity contribution in [2.24, 2.45) is 7.05 Å². The van der Waals surface area contributed by atoms with Crippen molar-refractivity contribution in [1.29, 1.82) is 5.26 Å². The van der Waals surface area contributed by atoms with Crippen LogP contribution in [0.2, 0.25) is 5.02 Å². The van der Waals surface area contributed by atoms with Crippen molar-refractivity contribution in [2.75, 3.05) is 44.2 Å². The molecule has 1 saturated heterocycles. The van der Waals surface area contributed by atoms with Crippen LogP contribution < -0.4 is 9.64 Å². The number of anilines is 1. The monoisotopic (exact) mass is 542 g/mol. The van der Waals surface area contributed by atoms with Crippen LogP contribution in [0, 0.1) is 11.3 Å². The van der Waals surface area contributed by atoms with Crippen LogP contribution in [-0.2, 0) is 13.2 Å². The number of alkyl halides is 3. The van der Waals surface area contributed by atoms with Gasteiger partial charge < -0.3 is 9.64 Å². The Morgan fingerprint density at radius 1 is 1.13 bits per heavy atom. The fraction of sp³-hybridized carbons (Fsp3) is 0.320. The third kappa shape index (κ3) is 5.20. The van der Waals surface area contributed by atoms with Crippen molar-refractivity contribution < 1.29 is 17.9 Å². The van der Waals surface area contributed by atoms with E-state index in [1.54, 1.807) is 31.4 Å². The maximum Gasteiger partial charge on any atom is 0.419 e. The summed E-state index contributed by atoms with van der Waals surface area (Å²) in [5.41, 5.74) is 0.276. The van der Waals surface area contributed by atoms with Gasteiger partial charge in [-0.05, 0) is 36.4 Å². The predicted octanol–water partition coefficient (Wildman–Crippen LogP) is 4.17. The molecule has 1 aliphatic heterocycles. The summed E-state index contributed by atoms with van der Waals surface area (Å²) >= 11 is 6.24. The fourth-order valence-electron chi connectivity index (χ4n) is 4.37. The van der Waals surface area contributed by atoms with Crippen molar-refractivity contribution in [3.05, 3.63) is 58.9 Å². The Morgan fingerprint density at radius 2 is 1.92 bits per heavy atom. The minimum Gasteiger partial charge on any atom is -0.492 e. The Bertz CT molecular complexity index is 1510. The van der Waals surface area contributed by atoms with E-state index in [0.29, 0.717) is 48.8 Å². The number of benzene rings is 1. The molecule has 0 bridgehead atoms. The van der Waals surface area contributed by atoms with E-state index in [4.69, 9.17) is 16.3 Å². The summed E-state index contributed by atoms with van der Waals surface area (Å²) in [6, 6.07) is 10.8. The van der Waals surface area contributed by atoms with Gasteiger partial charge in [-0.3, -0.25) is 4.90 Å². The van der Waals surface area contributed by atoms with Gasteiger partial charge in [0.25, 0.3) is 0 Å². The van der Waals surface area contributed by atoms with Gasteiger partial charge in [0, 0.05) is 51.5 Å². The quantitative estimate of drug-likeness (QED) is 0.358. The lowest BCUT2D eigenvalue weighted by Gasteiger charge is -2.35. The molecule has 0 spiro atoms. The number of aromatic nitrogens is 5. The van der Waals surface area contributed by atoms with Crippen LogP contribution in [-0.4, -0.2) is 69.2 Å². The molecular weight excluding hydrogens is 521 g/mol. The van der Waals surface area contributed by atoms with Crippen LogP contribution >= 0.6 is 11.6 Å².